The van der Waals surface area contributed by atoms with E-state index in [-0.39, 0.29) is 18.4 Å². The van der Waals surface area contributed by atoms with E-state index in [1.807, 2.05) is 44.2 Å². The Kier molecular flexibility index (Phi) is 4.11. The van der Waals surface area contributed by atoms with Crippen LogP contribution >= 0.6 is 0 Å². The summed E-state index contributed by atoms with van der Waals surface area (Å²) < 4.78 is 0. The third kappa shape index (κ3) is 2.56. The van der Waals surface area contributed by atoms with Crippen LogP contribution in [-0.2, 0) is 0 Å². The van der Waals surface area contributed by atoms with Gasteiger partial charge in [0, 0.05) is 12.5 Å². The lowest BCUT2D eigenvalue weighted by Gasteiger charge is -2.24. The van der Waals surface area contributed by atoms with Crippen molar-refractivity contribution in [3.8, 4) is 0 Å². The highest BCUT2D eigenvalue weighted by Crippen LogP contribution is 2.27. The summed E-state index contributed by atoms with van der Waals surface area (Å²) in [5, 5.41) is 19.2. The first-order valence-electron chi connectivity index (χ1n) is 5.00. The third-order valence-corrected chi connectivity index (χ3v) is 2.61. The van der Waals surface area contributed by atoms with Crippen molar-refractivity contribution in [3.05, 3.63) is 35.9 Å². The van der Waals surface area contributed by atoms with Crippen LogP contribution in [-0.4, -0.2) is 16.8 Å². The smallest absolute Gasteiger partial charge is 0.0842 e. The van der Waals surface area contributed by atoms with E-state index in [4.69, 9.17) is 5.11 Å². The number of hydrogen-bond acceptors (Lipinski definition) is 2. The van der Waals surface area contributed by atoms with Crippen LogP contribution < -0.4 is 0 Å². The Balaban J connectivity index is 2.78. The SMILES string of the molecule is CC(C)C(CO)C(O)c1ccccc1. The molecule has 2 atom stereocenters. The number of rotatable bonds is 4. The fraction of sp³-hybridized carbons (Fsp3) is 0.500. The second kappa shape index (κ2) is 5.13. The predicted molar refractivity (Wildman–Crippen MR) is 56.8 cm³/mol. The van der Waals surface area contributed by atoms with Crippen LogP contribution in [0.2, 0.25) is 0 Å². The zero-order valence-corrected chi connectivity index (χ0v) is 8.72. The molecule has 0 bridgehead atoms. The molecule has 78 valence electrons. The Morgan fingerprint density at radius 1 is 1.14 bits per heavy atom. The van der Waals surface area contributed by atoms with Gasteiger partial charge in [-0.25, -0.2) is 0 Å². The normalized spacial score (nSPS) is 15.5. The van der Waals surface area contributed by atoms with Gasteiger partial charge in [-0.1, -0.05) is 44.2 Å². The van der Waals surface area contributed by atoms with Crippen LogP contribution in [0.25, 0.3) is 0 Å². The van der Waals surface area contributed by atoms with Crippen molar-refractivity contribution >= 4 is 0 Å². The van der Waals surface area contributed by atoms with Crippen LogP contribution in [0.5, 0.6) is 0 Å². The molecule has 0 radical (unpaired) electrons. The van der Waals surface area contributed by atoms with E-state index in [2.05, 4.69) is 0 Å². The van der Waals surface area contributed by atoms with E-state index in [1.54, 1.807) is 0 Å². The molecule has 0 heterocycles. The van der Waals surface area contributed by atoms with E-state index in [1.165, 1.54) is 0 Å². The molecule has 0 aliphatic heterocycles. The largest absolute Gasteiger partial charge is 0.396 e. The van der Waals surface area contributed by atoms with Gasteiger partial charge in [-0.3, -0.25) is 0 Å². The summed E-state index contributed by atoms with van der Waals surface area (Å²) in [7, 11) is 0. The van der Waals surface area contributed by atoms with Gasteiger partial charge in [-0.15, -0.1) is 0 Å². The lowest BCUT2D eigenvalue weighted by atomic mass is 9.87. The minimum atomic E-state index is -0.568. The van der Waals surface area contributed by atoms with Crippen molar-refractivity contribution in [3.63, 3.8) is 0 Å². The number of benzene rings is 1. The van der Waals surface area contributed by atoms with Crippen LogP contribution in [0.15, 0.2) is 30.3 Å². The Morgan fingerprint density at radius 3 is 2.14 bits per heavy atom. The third-order valence-electron chi connectivity index (χ3n) is 2.61. The molecule has 0 aliphatic carbocycles. The fourth-order valence-electron chi connectivity index (χ4n) is 1.57. The Morgan fingerprint density at radius 2 is 1.71 bits per heavy atom. The molecular weight excluding hydrogens is 176 g/mol. The molecule has 2 nitrogen and oxygen atoms in total. The maximum atomic E-state index is 9.99. The van der Waals surface area contributed by atoms with Crippen molar-refractivity contribution in [1.29, 1.82) is 0 Å². The molecule has 2 heteroatoms. The minimum absolute atomic E-state index is 0.0216. The molecule has 0 saturated carbocycles. The second-order valence-electron chi connectivity index (χ2n) is 3.95. The van der Waals surface area contributed by atoms with Gasteiger partial charge < -0.3 is 10.2 Å². The summed E-state index contributed by atoms with van der Waals surface area (Å²) in [6.07, 6.45) is -0.568. The summed E-state index contributed by atoms with van der Waals surface area (Å²) in [6.45, 7) is 4.04. The van der Waals surface area contributed by atoms with Crippen molar-refractivity contribution in [2.45, 2.75) is 20.0 Å². The monoisotopic (exact) mass is 194 g/mol. The van der Waals surface area contributed by atoms with E-state index in [0.29, 0.717) is 0 Å². The van der Waals surface area contributed by atoms with Gasteiger partial charge in [-0.2, -0.15) is 0 Å². The first kappa shape index (κ1) is 11.2. The van der Waals surface area contributed by atoms with Crippen LogP contribution in [0.3, 0.4) is 0 Å². The predicted octanol–water partition coefficient (Wildman–Crippen LogP) is 1.98. The maximum Gasteiger partial charge on any atom is 0.0842 e. The van der Waals surface area contributed by atoms with Crippen molar-refractivity contribution in [2.24, 2.45) is 11.8 Å². The zero-order chi connectivity index (χ0) is 10.6. The van der Waals surface area contributed by atoms with Crippen LogP contribution in [0, 0.1) is 11.8 Å². The van der Waals surface area contributed by atoms with Gasteiger partial charge >= 0.3 is 0 Å². The van der Waals surface area contributed by atoms with E-state index >= 15 is 0 Å². The number of hydrogen-bond donors (Lipinski definition) is 2. The fourth-order valence-corrected chi connectivity index (χ4v) is 1.57. The summed E-state index contributed by atoms with van der Waals surface area (Å²) in [5.41, 5.74) is 0.875. The zero-order valence-electron chi connectivity index (χ0n) is 8.72. The first-order chi connectivity index (χ1) is 6.66. The lowest BCUT2D eigenvalue weighted by molar-refractivity contribution is 0.0407. The van der Waals surface area contributed by atoms with Gasteiger partial charge in [0.15, 0.2) is 0 Å². The Labute approximate surface area is 85.2 Å². The van der Waals surface area contributed by atoms with Gasteiger partial charge in [0.1, 0.15) is 0 Å². The van der Waals surface area contributed by atoms with Crippen molar-refractivity contribution < 1.29 is 10.2 Å². The summed E-state index contributed by atoms with van der Waals surface area (Å²) >= 11 is 0. The maximum absolute atomic E-state index is 9.99. The molecule has 0 amide bonds. The molecule has 0 fully saturated rings. The molecule has 0 saturated heterocycles. The highest BCUT2D eigenvalue weighted by Gasteiger charge is 2.22. The molecule has 14 heavy (non-hydrogen) atoms. The molecule has 1 rings (SSSR count). The quantitative estimate of drug-likeness (QED) is 0.769. The molecule has 0 spiro atoms. The highest BCUT2D eigenvalue weighted by atomic mass is 16.3. The molecule has 0 aliphatic rings. The summed E-state index contributed by atoms with van der Waals surface area (Å²) in [4.78, 5) is 0. The minimum Gasteiger partial charge on any atom is -0.396 e. The Bertz CT molecular complexity index is 256. The molecule has 2 N–H and O–H groups in total. The van der Waals surface area contributed by atoms with Gasteiger partial charge in [0.2, 0.25) is 0 Å². The number of aliphatic hydroxyl groups excluding tert-OH is 2. The van der Waals surface area contributed by atoms with Crippen LogP contribution in [0.4, 0.5) is 0 Å². The molecule has 1 aromatic rings. The summed E-state index contributed by atoms with van der Waals surface area (Å²) in [5.74, 6) is 0.188. The molecular formula is C12H18O2. The molecule has 2 unspecified atom stereocenters. The average Bonchev–Trinajstić information content (AvgIpc) is 2.19. The van der Waals surface area contributed by atoms with E-state index < -0.39 is 6.10 Å². The van der Waals surface area contributed by atoms with Crippen molar-refractivity contribution in [2.75, 3.05) is 6.61 Å². The highest BCUT2D eigenvalue weighted by molar-refractivity contribution is 5.18. The van der Waals surface area contributed by atoms with Crippen molar-refractivity contribution in [1.82, 2.24) is 0 Å². The van der Waals surface area contributed by atoms with E-state index in [9.17, 15) is 5.11 Å². The standard InChI is InChI=1S/C12H18O2/c1-9(2)11(8-13)12(14)10-6-4-3-5-7-10/h3-7,9,11-14H,8H2,1-2H3. The molecule has 0 aromatic heterocycles. The second-order valence-corrected chi connectivity index (χ2v) is 3.95. The van der Waals surface area contributed by atoms with E-state index in [0.717, 1.165) is 5.56 Å². The van der Waals surface area contributed by atoms with Crippen LogP contribution in [0.1, 0.15) is 25.5 Å². The first-order valence-corrected chi connectivity index (χ1v) is 5.00. The Hall–Kier alpha value is -0.860. The molecule has 1 aromatic carbocycles. The van der Waals surface area contributed by atoms with Gasteiger partial charge in [-0.05, 0) is 11.5 Å². The lowest BCUT2D eigenvalue weighted by Crippen LogP contribution is -2.22. The van der Waals surface area contributed by atoms with Gasteiger partial charge in [0.05, 0.1) is 6.10 Å². The summed E-state index contributed by atoms with van der Waals surface area (Å²) in [6, 6.07) is 9.48. The number of aliphatic hydroxyl groups is 2. The van der Waals surface area contributed by atoms with Gasteiger partial charge in [0.25, 0.3) is 0 Å². The topological polar surface area (TPSA) is 40.5 Å². The average molecular weight is 194 g/mol.